The normalized spacial score (nSPS) is 27.9. The van der Waals surface area contributed by atoms with Crippen LogP contribution < -0.4 is 5.32 Å². The quantitative estimate of drug-likeness (QED) is 0.804. The van der Waals surface area contributed by atoms with Crippen LogP contribution in [0.1, 0.15) is 51.4 Å². The van der Waals surface area contributed by atoms with Crippen molar-refractivity contribution in [1.82, 2.24) is 10.2 Å². The minimum absolute atomic E-state index is 0.301. The third kappa shape index (κ3) is 3.95. The summed E-state index contributed by atoms with van der Waals surface area (Å²) in [5.74, 6) is -0.664. The number of nitrogens with zero attached hydrogens (tertiary/aromatic N) is 1. The molecule has 4 nitrogen and oxygen atoms in total. The monoisotopic (exact) mass is 254 g/mol. The number of carboxylic acids is 1. The van der Waals surface area contributed by atoms with Gasteiger partial charge in [-0.05, 0) is 38.8 Å². The average Bonchev–Trinajstić information content (AvgIpc) is 2.62. The van der Waals surface area contributed by atoms with Crippen LogP contribution >= 0.6 is 0 Å². The fraction of sp³-hybridized carbons (Fsp3) is 0.929. The Bertz CT molecular complexity index is 265. The third-order valence-electron chi connectivity index (χ3n) is 4.35. The van der Waals surface area contributed by atoms with Gasteiger partial charge in [0.25, 0.3) is 0 Å². The number of carboxylic acid groups (broad SMARTS) is 1. The first-order chi connectivity index (χ1) is 8.77. The van der Waals surface area contributed by atoms with Gasteiger partial charge in [0.2, 0.25) is 0 Å². The summed E-state index contributed by atoms with van der Waals surface area (Å²) in [5, 5.41) is 12.3. The Balaban J connectivity index is 1.94. The molecule has 0 spiro atoms. The third-order valence-corrected chi connectivity index (χ3v) is 4.35. The maximum absolute atomic E-state index is 10.8. The van der Waals surface area contributed by atoms with Crippen molar-refractivity contribution in [3.63, 3.8) is 0 Å². The predicted molar refractivity (Wildman–Crippen MR) is 71.7 cm³/mol. The average molecular weight is 254 g/mol. The molecule has 2 aliphatic rings. The zero-order chi connectivity index (χ0) is 12.8. The molecule has 18 heavy (non-hydrogen) atoms. The van der Waals surface area contributed by atoms with Gasteiger partial charge >= 0.3 is 5.97 Å². The second-order valence-corrected chi connectivity index (χ2v) is 5.67. The van der Waals surface area contributed by atoms with E-state index in [1.54, 1.807) is 0 Å². The number of nitrogens with one attached hydrogen (secondary N) is 1. The molecule has 0 aromatic heterocycles. The Morgan fingerprint density at radius 3 is 2.72 bits per heavy atom. The Morgan fingerprint density at radius 1 is 1.22 bits per heavy atom. The maximum atomic E-state index is 10.8. The van der Waals surface area contributed by atoms with Crippen molar-refractivity contribution in [2.75, 3.05) is 19.6 Å². The molecule has 1 atom stereocenters. The molecule has 0 radical (unpaired) electrons. The first-order valence-electron chi connectivity index (χ1n) is 7.45. The molecule has 0 aromatic carbocycles. The molecule has 1 aliphatic heterocycles. The van der Waals surface area contributed by atoms with Crippen LogP contribution in [0.2, 0.25) is 0 Å². The van der Waals surface area contributed by atoms with Crippen molar-refractivity contribution in [1.29, 1.82) is 0 Å². The molecule has 104 valence electrons. The van der Waals surface area contributed by atoms with E-state index in [0.29, 0.717) is 18.5 Å². The lowest BCUT2D eigenvalue weighted by atomic mass is 9.92. The number of aliphatic carboxylic acids is 1. The highest BCUT2D eigenvalue weighted by Gasteiger charge is 2.28. The van der Waals surface area contributed by atoms with E-state index in [-0.39, 0.29) is 0 Å². The molecule has 1 saturated heterocycles. The number of hydrogen-bond donors (Lipinski definition) is 2. The highest BCUT2D eigenvalue weighted by Crippen LogP contribution is 2.26. The van der Waals surface area contributed by atoms with E-state index in [1.807, 2.05) is 0 Å². The van der Waals surface area contributed by atoms with Crippen molar-refractivity contribution in [2.45, 2.75) is 63.5 Å². The van der Waals surface area contributed by atoms with Crippen LogP contribution in [0.3, 0.4) is 0 Å². The SMILES string of the molecule is O=C(O)CCC1CNCCCN1C1CCCCC1. The lowest BCUT2D eigenvalue weighted by Gasteiger charge is -2.38. The summed E-state index contributed by atoms with van der Waals surface area (Å²) in [6, 6.07) is 1.13. The zero-order valence-electron chi connectivity index (χ0n) is 11.2. The van der Waals surface area contributed by atoms with E-state index in [9.17, 15) is 4.79 Å². The van der Waals surface area contributed by atoms with Crippen LogP contribution in [0, 0.1) is 0 Å². The summed E-state index contributed by atoms with van der Waals surface area (Å²) in [7, 11) is 0. The Kier molecular flexibility index (Phi) is 5.45. The van der Waals surface area contributed by atoms with Crippen molar-refractivity contribution < 1.29 is 9.90 Å². The van der Waals surface area contributed by atoms with Crippen LogP contribution in [-0.2, 0) is 4.79 Å². The summed E-state index contributed by atoms with van der Waals surface area (Å²) in [5.41, 5.74) is 0. The lowest BCUT2D eigenvalue weighted by Crippen LogP contribution is -2.47. The first-order valence-corrected chi connectivity index (χ1v) is 7.45. The second kappa shape index (κ2) is 7.10. The van der Waals surface area contributed by atoms with Crippen LogP contribution in [0.15, 0.2) is 0 Å². The standard InChI is InChI=1S/C14H26N2O2/c17-14(18)8-7-13-11-15-9-4-10-16(13)12-5-2-1-3-6-12/h12-13,15H,1-11H2,(H,17,18). The number of rotatable bonds is 4. The van der Waals surface area contributed by atoms with Crippen LogP contribution in [0.5, 0.6) is 0 Å². The molecular formula is C14H26N2O2. The predicted octanol–water partition coefficient (Wildman–Crippen LogP) is 1.85. The summed E-state index contributed by atoms with van der Waals surface area (Å²) in [6.07, 6.45) is 8.98. The van der Waals surface area contributed by atoms with Crippen LogP contribution in [-0.4, -0.2) is 47.7 Å². The van der Waals surface area contributed by atoms with E-state index in [0.717, 1.165) is 26.1 Å². The molecule has 0 amide bonds. The zero-order valence-corrected chi connectivity index (χ0v) is 11.2. The van der Waals surface area contributed by atoms with E-state index in [1.165, 1.54) is 38.5 Å². The topological polar surface area (TPSA) is 52.6 Å². The van der Waals surface area contributed by atoms with E-state index in [2.05, 4.69) is 10.2 Å². The molecular weight excluding hydrogens is 228 g/mol. The number of hydrogen-bond acceptors (Lipinski definition) is 3. The van der Waals surface area contributed by atoms with Crippen molar-refractivity contribution in [3.8, 4) is 0 Å². The minimum atomic E-state index is -0.664. The van der Waals surface area contributed by atoms with E-state index < -0.39 is 5.97 Å². The van der Waals surface area contributed by atoms with Crippen LogP contribution in [0.25, 0.3) is 0 Å². The van der Waals surface area contributed by atoms with Gasteiger partial charge in [-0.25, -0.2) is 0 Å². The molecule has 1 aliphatic carbocycles. The second-order valence-electron chi connectivity index (χ2n) is 5.67. The van der Waals surface area contributed by atoms with Gasteiger partial charge in [0.05, 0.1) is 0 Å². The summed E-state index contributed by atoms with van der Waals surface area (Å²) in [6.45, 7) is 3.18. The van der Waals surface area contributed by atoms with Crippen molar-refractivity contribution >= 4 is 5.97 Å². The smallest absolute Gasteiger partial charge is 0.303 e. The highest BCUT2D eigenvalue weighted by molar-refractivity contribution is 5.66. The van der Waals surface area contributed by atoms with Crippen molar-refractivity contribution in [2.24, 2.45) is 0 Å². The highest BCUT2D eigenvalue weighted by atomic mass is 16.4. The van der Waals surface area contributed by atoms with Gasteiger partial charge in [0.15, 0.2) is 0 Å². The van der Waals surface area contributed by atoms with Gasteiger partial charge in [0, 0.05) is 25.0 Å². The van der Waals surface area contributed by atoms with Gasteiger partial charge in [-0.1, -0.05) is 19.3 Å². The van der Waals surface area contributed by atoms with Gasteiger partial charge in [-0.2, -0.15) is 0 Å². The van der Waals surface area contributed by atoms with E-state index in [4.69, 9.17) is 5.11 Å². The Hall–Kier alpha value is -0.610. The summed E-state index contributed by atoms with van der Waals surface area (Å²) in [4.78, 5) is 13.4. The van der Waals surface area contributed by atoms with Crippen LogP contribution in [0.4, 0.5) is 0 Å². The van der Waals surface area contributed by atoms with Gasteiger partial charge in [-0.3, -0.25) is 9.69 Å². The van der Waals surface area contributed by atoms with E-state index >= 15 is 0 Å². The fourth-order valence-corrected chi connectivity index (χ4v) is 3.41. The molecule has 0 bridgehead atoms. The lowest BCUT2D eigenvalue weighted by molar-refractivity contribution is -0.137. The van der Waals surface area contributed by atoms with Gasteiger partial charge in [-0.15, -0.1) is 0 Å². The summed E-state index contributed by atoms with van der Waals surface area (Å²) < 4.78 is 0. The first kappa shape index (κ1) is 13.8. The Labute approximate surface area is 110 Å². The van der Waals surface area contributed by atoms with Gasteiger partial charge < -0.3 is 10.4 Å². The molecule has 1 saturated carbocycles. The van der Waals surface area contributed by atoms with Gasteiger partial charge in [0.1, 0.15) is 0 Å². The fourth-order valence-electron chi connectivity index (χ4n) is 3.41. The Morgan fingerprint density at radius 2 is 2.00 bits per heavy atom. The minimum Gasteiger partial charge on any atom is -0.481 e. The summed E-state index contributed by atoms with van der Waals surface area (Å²) >= 11 is 0. The molecule has 4 heteroatoms. The number of carbonyl (C=O) groups is 1. The van der Waals surface area contributed by atoms with Crippen molar-refractivity contribution in [3.05, 3.63) is 0 Å². The molecule has 2 fully saturated rings. The molecule has 1 heterocycles. The molecule has 0 aromatic rings. The molecule has 2 rings (SSSR count). The molecule has 2 N–H and O–H groups in total. The largest absolute Gasteiger partial charge is 0.481 e. The maximum Gasteiger partial charge on any atom is 0.303 e. The molecule has 1 unspecified atom stereocenters.